The molecule has 15 nitrogen and oxygen atoms in total. The van der Waals surface area contributed by atoms with Gasteiger partial charge in [0.15, 0.2) is 12.2 Å². The van der Waals surface area contributed by atoms with E-state index in [1.54, 1.807) is 0 Å². The Bertz CT molecular complexity index is 1420. The summed E-state index contributed by atoms with van der Waals surface area (Å²) in [7, 11) is 0. The van der Waals surface area contributed by atoms with Crippen LogP contribution in [0.2, 0.25) is 0 Å². The molecule has 6 saturated carbocycles. The second-order valence-corrected chi connectivity index (χ2v) is 21.1. The molecule has 0 amide bonds. The van der Waals surface area contributed by atoms with E-state index >= 15 is 0 Å². The molecule has 0 bridgehead atoms. The molecule has 0 aromatic carbocycles. The number of rotatable bonds is 26. The maximum Gasteiger partial charge on any atom is 0.309 e. The molecule has 15 heteroatoms. The van der Waals surface area contributed by atoms with E-state index in [4.69, 9.17) is 42.6 Å². The minimum Gasteiger partial charge on any atom is -0.461 e. The number of hydrogen-bond donors (Lipinski definition) is 0. The number of carbonyl (C=O) groups is 6. The van der Waals surface area contributed by atoms with Crippen molar-refractivity contribution in [3.8, 4) is 0 Å². The average Bonchev–Trinajstić information content (AvgIpc) is 3.40. The number of ether oxygens (including phenoxy) is 9. The summed E-state index contributed by atoms with van der Waals surface area (Å²) in [6.45, 7) is -0.747. The summed E-state index contributed by atoms with van der Waals surface area (Å²) in [6.07, 6.45) is 23.9. The summed E-state index contributed by atoms with van der Waals surface area (Å²) in [4.78, 5) is 79.7. The molecule has 0 aromatic heterocycles. The van der Waals surface area contributed by atoms with E-state index < -0.39 is 24.4 Å². The Morgan fingerprint density at radius 1 is 0.246 bits per heavy atom. The Balaban J connectivity index is 1.07. The van der Waals surface area contributed by atoms with Crippen molar-refractivity contribution in [3.63, 3.8) is 0 Å². The molecule has 4 atom stereocenters. The molecule has 6 rings (SSSR count). The highest BCUT2D eigenvalue weighted by Gasteiger charge is 2.33. The van der Waals surface area contributed by atoms with Crippen molar-refractivity contribution in [3.05, 3.63) is 0 Å². The van der Waals surface area contributed by atoms with E-state index in [1.165, 1.54) is 0 Å². The molecule has 0 aromatic rings. The first kappa shape index (κ1) is 55.0. The quantitative estimate of drug-likeness (QED) is 0.0589. The van der Waals surface area contributed by atoms with Crippen molar-refractivity contribution >= 4 is 35.8 Å². The van der Waals surface area contributed by atoms with Gasteiger partial charge in [0.25, 0.3) is 0 Å². The predicted molar refractivity (Wildman–Crippen MR) is 253 cm³/mol. The van der Waals surface area contributed by atoms with Crippen LogP contribution in [0.3, 0.4) is 0 Å². The Morgan fingerprint density at radius 3 is 0.623 bits per heavy atom. The summed E-state index contributed by atoms with van der Waals surface area (Å²) in [5, 5.41) is 0. The Hall–Kier alpha value is -3.30. The van der Waals surface area contributed by atoms with Crippen molar-refractivity contribution in [2.24, 2.45) is 35.5 Å². The van der Waals surface area contributed by atoms with Crippen molar-refractivity contribution in [2.75, 3.05) is 52.9 Å². The lowest BCUT2D eigenvalue weighted by molar-refractivity contribution is -0.175. The Morgan fingerprint density at radius 2 is 0.420 bits per heavy atom. The number of esters is 6. The van der Waals surface area contributed by atoms with Gasteiger partial charge in [0.05, 0.1) is 75.1 Å². The molecule has 4 unspecified atom stereocenters. The summed E-state index contributed by atoms with van der Waals surface area (Å²) in [5.74, 6) is -3.03. The minimum atomic E-state index is -0.850. The van der Waals surface area contributed by atoms with Crippen molar-refractivity contribution < 1.29 is 71.4 Å². The van der Waals surface area contributed by atoms with Crippen LogP contribution in [0.15, 0.2) is 0 Å². The van der Waals surface area contributed by atoms with Gasteiger partial charge in [-0.1, -0.05) is 116 Å². The van der Waals surface area contributed by atoms with Gasteiger partial charge in [0, 0.05) is 0 Å². The first-order valence-corrected chi connectivity index (χ1v) is 27.6. The van der Waals surface area contributed by atoms with Gasteiger partial charge in [0.2, 0.25) is 0 Å². The van der Waals surface area contributed by atoms with Crippen LogP contribution in [0.4, 0.5) is 0 Å². The predicted octanol–water partition coefficient (Wildman–Crippen LogP) is 9.25. The minimum absolute atomic E-state index is 0.0776. The second-order valence-electron chi connectivity index (χ2n) is 21.1. The van der Waals surface area contributed by atoms with Gasteiger partial charge in [-0.15, -0.1) is 0 Å². The molecular formula is C54H86O15. The average molecular weight is 975 g/mol. The highest BCUT2D eigenvalue weighted by Crippen LogP contribution is 2.30. The molecule has 0 spiro atoms. The first-order chi connectivity index (χ1) is 33.7. The van der Waals surface area contributed by atoms with Gasteiger partial charge in [-0.05, 0) is 77.0 Å². The van der Waals surface area contributed by atoms with Crippen molar-refractivity contribution in [1.82, 2.24) is 0 Å². The standard InChI is InChI=1S/C54H86O15/c55-49(39-19-7-1-8-20-39)64-37-47(68-53(59)43-27-15-5-16-28-43)35-62-33-45(66-51(57)41-23-11-3-12-24-41)31-61-32-46(67-52(58)42-25-13-4-14-26-42)34-63-36-48(69-54(60)44-29-17-6-18-30-44)38-65-50(56)40-21-9-2-10-22-40/h39-48H,1-38H2. The van der Waals surface area contributed by atoms with Crippen LogP contribution in [0, 0.1) is 35.5 Å². The molecule has 0 heterocycles. The Labute approximate surface area is 411 Å². The highest BCUT2D eigenvalue weighted by molar-refractivity contribution is 5.75. The largest absolute Gasteiger partial charge is 0.461 e. The zero-order chi connectivity index (χ0) is 48.5. The van der Waals surface area contributed by atoms with E-state index in [0.717, 1.165) is 193 Å². The molecule has 0 saturated heterocycles. The third-order valence-electron chi connectivity index (χ3n) is 15.4. The van der Waals surface area contributed by atoms with E-state index in [9.17, 15) is 28.8 Å². The molecule has 0 N–H and O–H groups in total. The smallest absolute Gasteiger partial charge is 0.309 e. The van der Waals surface area contributed by atoms with Crippen LogP contribution in [0.1, 0.15) is 193 Å². The van der Waals surface area contributed by atoms with Gasteiger partial charge in [-0.25, -0.2) is 0 Å². The third-order valence-corrected chi connectivity index (χ3v) is 15.4. The summed E-state index contributed by atoms with van der Waals surface area (Å²) in [5.41, 5.74) is 0. The molecule has 6 aliphatic carbocycles. The molecule has 69 heavy (non-hydrogen) atoms. The van der Waals surface area contributed by atoms with Crippen molar-refractivity contribution in [1.29, 1.82) is 0 Å². The summed E-state index contributed by atoms with van der Waals surface area (Å²) < 4.78 is 54.0. The van der Waals surface area contributed by atoms with Gasteiger partial charge >= 0.3 is 35.8 Å². The fourth-order valence-corrected chi connectivity index (χ4v) is 11.1. The monoisotopic (exact) mass is 975 g/mol. The summed E-state index contributed by atoms with van der Waals surface area (Å²) >= 11 is 0. The maximum atomic E-state index is 13.5. The zero-order valence-electron chi connectivity index (χ0n) is 41.8. The van der Waals surface area contributed by atoms with E-state index in [1.807, 2.05) is 0 Å². The van der Waals surface area contributed by atoms with E-state index in [0.29, 0.717) is 0 Å². The number of hydrogen-bond acceptors (Lipinski definition) is 15. The molecule has 6 fully saturated rings. The third kappa shape index (κ3) is 20.0. The number of carbonyl (C=O) groups excluding carboxylic acids is 6. The van der Waals surface area contributed by atoms with E-state index in [-0.39, 0.29) is 124 Å². The normalized spacial score (nSPS) is 22.6. The SMILES string of the molecule is O=C(OCC(COCC(COCC(COCC(COC(=O)C1CCCCC1)OC(=O)C1CCCCC1)OC(=O)C1CCCCC1)OC(=O)C1CCCCC1)OC(=O)C1CCCCC1)C1CCCCC1. The fourth-order valence-electron chi connectivity index (χ4n) is 11.1. The lowest BCUT2D eigenvalue weighted by Crippen LogP contribution is -2.38. The molecular weight excluding hydrogens is 889 g/mol. The maximum absolute atomic E-state index is 13.5. The fraction of sp³-hybridized carbons (Fsp3) is 0.889. The molecule has 392 valence electrons. The van der Waals surface area contributed by atoms with Crippen LogP contribution in [-0.2, 0) is 71.4 Å². The summed E-state index contributed by atoms with van der Waals surface area (Å²) in [6, 6.07) is 0. The van der Waals surface area contributed by atoms with Crippen molar-refractivity contribution in [2.45, 2.75) is 217 Å². The highest BCUT2D eigenvalue weighted by atomic mass is 16.6. The molecule has 0 radical (unpaired) electrons. The van der Waals surface area contributed by atoms with Gasteiger partial charge in [-0.2, -0.15) is 0 Å². The second kappa shape index (κ2) is 31.2. The molecule has 0 aliphatic heterocycles. The zero-order valence-corrected chi connectivity index (χ0v) is 41.8. The van der Waals surface area contributed by atoms with Crippen LogP contribution >= 0.6 is 0 Å². The van der Waals surface area contributed by atoms with E-state index in [2.05, 4.69) is 0 Å². The van der Waals surface area contributed by atoms with Gasteiger partial charge in [-0.3, -0.25) is 28.8 Å². The van der Waals surface area contributed by atoms with Crippen LogP contribution in [-0.4, -0.2) is 113 Å². The van der Waals surface area contributed by atoms with Crippen LogP contribution in [0.25, 0.3) is 0 Å². The Kier molecular flexibility index (Phi) is 24.9. The topological polar surface area (TPSA) is 185 Å². The van der Waals surface area contributed by atoms with Gasteiger partial charge in [0.1, 0.15) is 25.4 Å². The van der Waals surface area contributed by atoms with Gasteiger partial charge < -0.3 is 42.6 Å². The lowest BCUT2D eigenvalue weighted by Gasteiger charge is -2.28. The molecule has 6 aliphatic rings. The van der Waals surface area contributed by atoms with Crippen LogP contribution in [0.5, 0.6) is 0 Å². The lowest BCUT2D eigenvalue weighted by atomic mass is 9.89. The van der Waals surface area contributed by atoms with Crippen LogP contribution < -0.4 is 0 Å². The first-order valence-electron chi connectivity index (χ1n) is 27.6.